The summed E-state index contributed by atoms with van der Waals surface area (Å²) >= 11 is 5.89. The molecule has 0 saturated heterocycles. The van der Waals surface area contributed by atoms with Crippen LogP contribution in [0.3, 0.4) is 0 Å². The summed E-state index contributed by atoms with van der Waals surface area (Å²) in [6.45, 7) is 5.18. The third-order valence-corrected chi connectivity index (χ3v) is 3.04. The molecule has 1 aromatic carbocycles. The molecule has 0 aliphatic carbocycles. The lowest BCUT2D eigenvalue weighted by Gasteiger charge is -2.26. The van der Waals surface area contributed by atoms with Crippen molar-refractivity contribution in [3.8, 4) is 0 Å². The van der Waals surface area contributed by atoms with E-state index in [1.54, 1.807) is 7.05 Å². The van der Waals surface area contributed by atoms with Crippen LogP contribution in [0.5, 0.6) is 0 Å². The third kappa shape index (κ3) is 5.02. The fraction of sp³-hybridized carbons (Fsp3) is 0.462. The lowest BCUT2D eigenvalue weighted by atomic mass is 9.85. The van der Waals surface area contributed by atoms with E-state index in [0.717, 1.165) is 17.5 Å². The Morgan fingerprint density at radius 1 is 1.28 bits per heavy atom. The highest BCUT2D eigenvalue weighted by molar-refractivity contribution is 14.0. The van der Waals surface area contributed by atoms with Gasteiger partial charge >= 0.3 is 0 Å². The second-order valence-corrected chi connectivity index (χ2v) is 5.00. The fourth-order valence-electron chi connectivity index (χ4n) is 1.59. The first-order valence-corrected chi connectivity index (χ1v) is 6.02. The molecule has 0 unspecified atom stereocenters. The van der Waals surface area contributed by atoms with E-state index in [2.05, 4.69) is 41.6 Å². The van der Waals surface area contributed by atoms with Crippen LogP contribution in [-0.2, 0) is 5.41 Å². The van der Waals surface area contributed by atoms with Crippen LogP contribution in [-0.4, -0.2) is 26.6 Å². The minimum atomic E-state index is 0. The zero-order chi connectivity index (χ0) is 12.9. The van der Waals surface area contributed by atoms with E-state index in [1.807, 2.05) is 19.2 Å². The number of guanidine groups is 1. The summed E-state index contributed by atoms with van der Waals surface area (Å²) in [5.74, 6) is 0.798. The van der Waals surface area contributed by atoms with Crippen LogP contribution in [0, 0.1) is 0 Å². The first kappa shape index (κ1) is 17.5. The molecule has 0 spiro atoms. The normalized spacial score (nSPS) is 11.7. The Bertz CT molecular complexity index is 388. The van der Waals surface area contributed by atoms with Gasteiger partial charge in [-0.1, -0.05) is 37.6 Å². The molecule has 0 aliphatic heterocycles. The van der Waals surface area contributed by atoms with Crippen LogP contribution >= 0.6 is 35.6 Å². The first-order valence-electron chi connectivity index (χ1n) is 5.64. The Kier molecular flexibility index (Phi) is 7.62. The maximum absolute atomic E-state index is 5.89. The number of halogens is 2. The van der Waals surface area contributed by atoms with Crippen LogP contribution in [0.2, 0.25) is 5.02 Å². The van der Waals surface area contributed by atoms with Gasteiger partial charge in [-0.2, -0.15) is 0 Å². The third-order valence-electron chi connectivity index (χ3n) is 2.78. The van der Waals surface area contributed by atoms with Crippen molar-refractivity contribution in [3.63, 3.8) is 0 Å². The summed E-state index contributed by atoms with van der Waals surface area (Å²) in [6, 6.07) is 7.97. The lowest BCUT2D eigenvalue weighted by Crippen LogP contribution is -2.42. The Balaban J connectivity index is 0.00000289. The number of aliphatic imine (C=N–C) groups is 1. The minimum absolute atomic E-state index is 0. The van der Waals surface area contributed by atoms with E-state index in [1.165, 1.54) is 5.56 Å². The molecule has 2 N–H and O–H groups in total. The molecule has 0 amide bonds. The van der Waals surface area contributed by atoms with Gasteiger partial charge < -0.3 is 10.6 Å². The Hall–Kier alpha value is -0.490. The number of benzene rings is 1. The van der Waals surface area contributed by atoms with Crippen molar-refractivity contribution in [1.29, 1.82) is 0 Å². The number of nitrogens with zero attached hydrogens (tertiary/aromatic N) is 1. The second-order valence-electron chi connectivity index (χ2n) is 4.57. The number of nitrogens with one attached hydrogen (secondary N) is 2. The van der Waals surface area contributed by atoms with E-state index < -0.39 is 0 Å². The average Bonchev–Trinajstić information content (AvgIpc) is 2.31. The maximum atomic E-state index is 5.89. The molecular weight excluding hydrogens is 361 g/mol. The maximum Gasteiger partial charge on any atom is 0.190 e. The molecule has 0 atom stereocenters. The van der Waals surface area contributed by atoms with Crippen molar-refractivity contribution in [2.45, 2.75) is 19.3 Å². The molecule has 1 rings (SSSR count). The summed E-state index contributed by atoms with van der Waals surface area (Å²) in [7, 11) is 3.61. The van der Waals surface area contributed by atoms with Gasteiger partial charge in [0, 0.05) is 31.1 Å². The van der Waals surface area contributed by atoms with Gasteiger partial charge in [0.15, 0.2) is 5.96 Å². The molecule has 0 fully saturated rings. The number of hydrogen-bond donors (Lipinski definition) is 2. The van der Waals surface area contributed by atoms with Crippen LogP contribution < -0.4 is 10.6 Å². The molecule has 0 aliphatic rings. The molecule has 0 saturated carbocycles. The summed E-state index contributed by atoms with van der Waals surface area (Å²) < 4.78 is 0. The van der Waals surface area contributed by atoms with Gasteiger partial charge in [0.2, 0.25) is 0 Å². The van der Waals surface area contributed by atoms with E-state index in [4.69, 9.17) is 11.6 Å². The van der Waals surface area contributed by atoms with Gasteiger partial charge in [-0.05, 0) is 17.7 Å². The number of hydrogen-bond acceptors (Lipinski definition) is 1. The molecule has 0 heterocycles. The molecule has 3 nitrogen and oxygen atoms in total. The molecule has 18 heavy (non-hydrogen) atoms. The summed E-state index contributed by atoms with van der Waals surface area (Å²) in [6.07, 6.45) is 0. The van der Waals surface area contributed by atoms with Gasteiger partial charge in [-0.25, -0.2) is 0 Å². The predicted octanol–water partition coefficient (Wildman–Crippen LogP) is 3.03. The molecule has 5 heteroatoms. The molecular formula is C13H21ClIN3. The monoisotopic (exact) mass is 381 g/mol. The first-order chi connectivity index (χ1) is 7.99. The smallest absolute Gasteiger partial charge is 0.190 e. The van der Waals surface area contributed by atoms with E-state index in [-0.39, 0.29) is 29.4 Å². The van der Waals surface area contributed by atoms with Gasteiger partial charge in [0.25, 0.3) is 0 Å². The Labute approximate surface area is 131 Å². The average molecular weight is 382 g/mol. The van der Waals surface area contributed by atoms with Gasteiger partial charge in [0.05, 0.1) is 0 Å². The highest BCUT2D eigenvalue weighted by Gasteiger charge is 2.20. The van der Waals surface area contributed by atoms with Crippen molar-refractivity contribution in [1.82, 2.24) is 10.6 Å². The quantitative estimate of drug-likeness (QED) is 0.480. The highest BCUT2D eigenvalue weighted by Crippen LogP contribution is 2.23. The zero-order valence-electron chi connectivity index (χ0n) is 11.2. The van der Waals surface area contributed by atoms with Gasteiger partial charge in [-0.3, -0.25) is 4.99 Å². The Morgan fingerprint density at radius 2 is 1.83 bits per heavy atom. The van der Waals surface area contributed by atoms with Gasteiger partial charge in [0.1, 0.15) is 0 Å². The lowest BCUT2D eigenvalue weighted by molar-refractivity contribution is 0.510. The highest BCUT2D eigenvalue weighted by atomic mass is 127. The van der Waals surface area contributed by atoms with Crippen LogP contribution in [0.1, 0.15) is 19.4 Å². The van der Waals surface area contributed by atoms with E-state index in [0.29, 0.717) is 0 Å². The summed E-state index contributed by atoms with van der Waals surface area (Å²) in [5.41, 5.74) is 1.28. The molecule has 1 aromatic rings. The van der Waals surface area contributed by atoms with E-state index >= 15 is 0 Å². The van der Waals surface area contributed by atoms with Crippen molar-refractivity contribution in [3.05, 3.63) is 34.9 Å². The second kappa shape index (κ2) is 7.84. The molecule has 0 radical (unpaired) electrons. The fourth-order valence-corrected chi connectivity index (χ4v) is 1.71. The minimum Gasteiger partial charge on any atom is -0.359 e. The zero-order valence-corrected chi connectivity index (χ0v) is 14.3. The van der Waals surface area contributed by atoms with Crippen molar-refractivity contribution in [2.24, 2.45) is 4.99 Å². The summed E-state index contributed by atoms with van der Waals surface area (Å²) in [5, 5.41) is 7.05. The van der Waals surface area contributed by atoms with Gasteiger partial charge in [-0.15, -0.1) is 24.0 Å². The Morgan fingerprint density at radius 3 is 2.28 bits per heavy atom. The van der Waals surface area contributed by atoms with Crippen LogP contribution in [0.25, 0.3) is 0 Å². The van der Waals surface area contributed by atoms with Crippen LogP contribution in [0.15, 0.2) is 29.3 Å². The standard InChI is InChI=1S/C13H20ClN3.HI/c1-13(2,9-17-12(15-3)16-4)10-5-7-11(14)8-6-10;/h5-8H,9H2,1-4H3,(H2,15,16,17);1H. The summed E-state index contributed by atoms with van der Waals surface area (Å²) in [4.78, 5) is 4.09. The predicted molar refractivity (Wildman–Crippen MR) is 90.3 cm³/mol. The molecule has 0 bridgehead atoms. The largest absolute Gasteiger partial charge is 0.359 e. The van der Waals surface area contributed by atoms with Crippen molar-refractivity contribution < 1.29 is 0 Å². The SMILES string of the molecule is CN=C(NC)NCC(C)(C)c1ccc(Cl)cc1.I. The van der Waals surface area contributed by atoms with Crippen molar-refractivity contribution in [2.75, 3.05) is 20.6 Å². The van der Waals surface area contributed by atoms with Crippen molar-refractivity contribution >= 4 is 41.5 Å². The molecule has 0 aromatic heterocycles. The van der Waals surface area contributed by atoms with Crippen LogP contribution in [0.4, 0.5) is 0 Å². The molecule has 102 valence electrons. The number of rotatable bonds is 3. The van der Waals surface area contributed by atoms with E-state index in [9.17, 15) is 0 Å². The topological polar surface area (TPSA) is 36.4 Å².